The molecule has 0 amide bonds. The highest BCUT2D eigenvalue weighted by molar-refractivity contribution is 4.77. The predicted octanol–water partition coefficient (Wildman–Crippen LogP) is 0.469. The third kappa shape index (κ3) is 4.66. The van der Waals surface area contributed by atoms with Crippen molar-refractivity contribution in [1.29, 1.82) is 0 Å². The number of hydrazine groups is 2. The average Bonchev–Trinajstić information content (AvgIpc) is 2.02. The van der Waals surface area contributed by atoms with Crippen molar-refractivity contribution in [3.05, 3.63) is 0 Å². The van der Waals surface area contributed by atoms with E-state index in [1.807, 2.05) is 13.8 Å². The zero-order valence-electron chi connectivity index (χ0n) is 8.78. The maximum absolute atomic E-state index is 5.32. The summed E-state index contributed by atoms with van der Waals surface area (Å²) < 4.78 is 0. The Labute approximate surface area is 75.2 Å². The quantitative estimate of drug-likeness (QED) is 0.278. The second kappa shape index (κ2) is 4.18. The number of hydrogen-bond donors (Lipinski definition) is 4. The Hall–Kier alpha value is -0.160. The highest BCUT2D eigenvalue weighted by Gasteiger charge is 2.19. The van der Waals surface area contributed by atoms with Gasteiger partial charge in [-0.05, 0) is 34.1 Å². The molecule has 0 aliphatic rings. The molecule has 74 valence electrons. The van der Waals surface area contributed by atoms with Crippen LogP contribution in [0.5, 0.6) is 0 Å². The first-order chi connectivity index (χ1) is 5.33. The number of hydrogen-bond acceptors (Lipinski definition) is 4. The lowest BCUT2D eigenvalue weighted by atomic mass is 10.0. The van der Waals surface area contributed by atoms with Crippen molar-refractivity contribution < 1.29 is 0 Å². The van der Waals surface area contributed by atoms with Gasteiger partial charge in [0.15, 0.2) is 0 Å². The largest absolute Gasteiger partial charge is 0.270 e. The Kier molecular flexibility index (Phi) is 4.13. The molecule has 0 saturated heterocycles. The number of rotatable bonds is 5. The molecular weight excluding hydrogens is 152 g/mol. The van der Waals surface area contributed by atoms with E-state index in [0.717, 1.165) is 6.42 Å². The van der Waals surface area contributed by atoms with E-state index in [1.54, 1.807) is 0 Å². The zero-order valence-corrected chi connectivity index (χ0v) is 8.78. The van der Waals surface area contributed by atoms with Crippen LogP contribution in [0.1, 0.15) is 41.0 Å². The topological polar surface area (TPSA) is 62.1 Å². The molecular formula is C8H22N4. The molecule has 12 heavy (non-hydrogen) atoms. The highest BCUT2D eigenvalue weighted by Crippen LogP contribution is 2.05. The van der Waals surface area contributed by atoms with Gasteiger partial charge in [0.25, 0.3) is 0 Å². The smallest absolute Gasteiger partial charge is 0.0884 e. The molecule has 0 rings (SSSR count). The Bertz CT molecular complexity index is 115. The summed E-state index contributed by atoms with van der Waals surface area (Å²) in [7, 11) is 0. The molecule has 0 radical (unpaired) electrons. The molecule has 0 atom stereocenters. The third-order valence-electron chi connectivity index (χ3n) is 1.96. The van der Waals surface area contributed by atoms with E-state index in [2.05, 4.69) is 37.0 Å². The van der Waals surface area contributed by atoms with Crippen LogP contribution in [-0.2, 0) is 0 Å². The van der Waals surface area contributed by atoms with Crippen LogP contribution in [0.25, 0.3) is 0 Å². The van der Waals surface area contributed by atoms with Gasteiger partial charge in [0, 0.05) is 5.54 Å². The summed E-state index contributed by atoms with van der Waals surface area (Å²) in [5.74, 6) is 5.32. The highest BCUT2D eigenvalue weighted by atomic mass is 15.5. The van der Waals surface area contributed by atoms with Crippen molar-refractivity contribution >= 4 is 0 Å². The molecule has 0 fully saturated rings. The molecule has 0 aliphatic carbocycles. The van der Waals surface area contributed by atoms with Crippen LogP contribution in [0, 0.1) is 0 Å². The van der Waals surface area contributed by atoms with Crippen LogP contribution in [0.2, 0.25) is 0 Å². The summed E-state index contributed by atoms with van der Waals surface area (Å²) in [5.41, 5.74) is 8.79. The molecule has 0 spiro atoms. The van der Waals surface area contributed by atoms with Crippen LogP contribution < -0.4 is 22.1 Å². The Balaban J connectivity index is 3.82. The van der Waals surface area contributed by atoms with E-state index in [-0.39, 0.29) is 11.2 Å². The van der Waals surface area contributed by atoms with E-state index in [9.17, 15) is 0 Å². The van der Waals surface area contributed by atoms with E-state index in [4.69, 9.17) is 5.84 Å². The van der Waals surface area contributed by atoms with Crippen LogP contribution in [0.15, 0.2) is 0 Å². The lowest BCUT2D eigenvalue weighted by molar-refractivity contribution is 0.210. The van der Waals surface area contributed by atoms with Gasteiger partial charge in [-0.25, -0.2) is 10.9 Å². The molecule has 4 nitrogen and oxygen atoms in total. The van der Waals surface area contributed by atoms with Crippen molar-refractivity contribution in [2.45, 2.75) is 52.2 Å². The predicted molar refractivity (Wildman–Crippen MR) is 52.0 cm³/mol. The van der Waals surface area contributed by atoms with Crippen LogP contribution >= 0.6 is 0 Å². The van der Waals surface area contributed by atoms with Gasteiger partial charge < -0.3 is 0 Å². The monoisotopic (exact) mass is 174 g/mol. The van der Waals surface area contributed by atoms with Gasteiger partial charge in [-0.1, -0.05) is 6.92 Å². The lowest BCUT2D eigenvalue weighted by Crippen LogP contribution is -2.63. The van der Waals surface area contributed by atoms with Crippen LogP contribution in [0.3, 0.4) is 0 Å². The van der Waals surface area contributed by atoms with Crippen molar-refractivity contribution in [1.82, 2.24) is 16.3 Å². The van der Waals surface area contributed by atoms with E-state index < -0.39 is 0 Å². The minimum absolute atomic E-state index is 0.0914. The summed E-state index contributed by atoms with van der Waals surface area (Å²) in [6.45, 7) is 10.3. The Morgan fingerprint density at radius 1 is 1.08 bits per heavy atom. The molecule has 0 unspecified atom stereocenters. The van der Waals surface area contributed by atoms with Gasteiger partial charge in [0.2, 0.25) is 0 Å². The minimum Gasteiger partial charge on any atom is -0.270 e. The van der Waals surface area contributed by atoms with Gasteiger partial charge in [0.1, 0.15) is 0 Å². The summed E-state index contributed by atoms with van der Waals surface area (Å²) >= 11 is 0. The molecule has 0 bridgehead atoms. The van der Waals surface area contributed by atoms with Crippen molar-refractivity contribution in [3.8, 4) is 0 Å². The Morgan fingerprint density at radius 2 is 1.58 bits per heavy atom. The van der Waals surface area contributed by atoms with Gasteiger partial charge in [-0.2, -0.15) is 0 Å². The fourth-order valence-corrected chi connectivity index (χ4v) is 0.450. The van der Waals surface area contributed by atoms with Gasteiger partial charge in [0.05, 0.1) is 5.66 Å². The normalized spacial score (nSPS) is 13.5. The van der Waals surface area contributed by atoms with Crippen molar-refractivity contribution in [2.24, 2.45) is 5.84 Å². The molecule has 0 aromatic heterocycles. The summed E-state index contributed by atoms with van der Waals surface area (Å²) in [5, 5.41) is 0. The lowest BCUT2D eigenvalue weighted by Gasteiger charge is -2.32. The average molecular weight is 174 g/mol. The van der Waals surface area contributed by atoms with E-state index in [0.29, 0.717) is 0 Å². The van der Waals surface area contributed by atoms with E-state index in [1.165, 1.54) is 0 Å². The molecule has 4 heteroatoms. The number of nitrogens with two attached hydrogens (primary N) is 1. The fourth-order valence-electron chi connectivity index (χ4n) is 0.450. The summed E-state index contributed by atoms with van der Waals surface area (Å²) in [6.07, 6.45) is 1.06. The standard InChI is InChI=1S/C8H22N4/c1-6-7(2,3)11-12-8(4,5)10-9/h10-12H,6,9H2,1-5H3. The van der Waals surface area contributed by atoms with Crippen LogP contribution in [-0.4, -0.2) is 11.2 Å². The fraction of sp³-hybridized carbons (Fsp3) is 1.00. The SMILES string of the molecule is CCC(C)(C)NNC(C)(C)NN. The van der Waals surface area contributed by atoms with Crippen molar-refractivity contribution in [3.63, 3.8) is 0 Å². The molecule has 5 N–H and O–H groups in total. The summed E-state index contributed by atoms with van der Waals surface area (Å²) in [4.78, 5) is 0. The van der Waals surface area contributed by atoms with Gasteiger partial charge >= 0.3 is 0 Å². The second-order valence-electron chi connectivity index (χ2n) is 4.26. The first-order valence-electron chi connectivity index (χ1n) is 4.35. The maximum atomic E-state index is 5.32. The number of nitrogens with one attached hydrogen (secondary N) is 3. The molecule has 0 aromatic rings. The van der Waals surface area contributed by atoms with Gasteiger partial charge in [-0.3, -0.25) is 11.3 Å². The molecule has 0 saturated carbocycles. The van der Waals surface area contributed by atoms with Crippen molar-refractivity contribution in [2.75, 3.05) is 0 Å². The molecule has 0 aromatic carbocycles. The maximum Gasteiger partial charge on any atom is 0.0884 e. The third-order valence-corrected chi connectivity index (χ3v) is 1.96. The minimum atomic E-state index is -0.285. The molecule has 0 heterocycles. The zero-order chi connectivity index (χ0) is 9.83. The second-order valence-corrected chi connectivity index (χ2v) is 4.26. The first kappa shape index (κ1) is 11.8. The Morgan fingerprint density at radius 3 is 1.92 bits per heavy atom. The van der Waals surface area contributed by atoms with Crippen LogP contribution in [0.4, 0.5) is 0 Å². The van der Waals surface area contributed by atoms with E-state index >= 15 is 0 Å². The molecule has 0 aliphatic heterocycles. The first-order valence-corrected chi connectivity index (χ1v) is 4.35. The summed E-state index contributed by atoms with van der Waals surface area (Å²) in [6, 6.07) is 0. The van der Waals surface area contributed by atoms with Gasteiger partial charge in [-0.15, -0.1) is 0 Å².